The summed E-state index contributed by atoms with van der Waals surface area (Å²) in [7, 11) is 0. The molecule has 0 atom stereocenters. The van der Waals surface area contributed by atoms with E-state index in [1.54, 1.807) is 0 Å². The highest BCUT2D eigenvalue weighted by atomic mass is 16.7. The molecule has 4 nitrogen and oxygen atoms in total. The molecule has 0 aliphatic carbocycles. The average Bonchev–Trinajstić information content (AvgIpc) is 2.89. The number of nitrogens with zero attached hydrogens (tertiary/aromatic N) is 2. The molecule has 0 spiro atoms. The summed E-state index contributed by atoms with van der Waals surface area (Å²) in [6.07, 6.45) is 0. The summed E-state index contributed by atoms with van der Waals surface area (Å²) in [6.45, 7) is 9.32. The summed E-state index contributed by atoms with van der Waals surface area (Å²) in [5.74, 6) is 1.83. The van der Waals surface area contributed by atoms with E-state index in [1.807, 2.05) is 12.1 Å². The fourth-order valence-corrected chi connectivity index (χ4v) is 2.62. The minimum atomic E-state index is 0.357. The van der Waals surface area contributed by atoms with Crippen molar-refractivity contribution in [3.63, 3.8) is 0 Å². The van der Waals surface area contributed by atoms with Crippen molar-refractivity contribution in [2.45, 2.75) is 13.5 Å². The second-order valence-corrected chi connectivity index (χ2v) is 4.86. The van der Waals surface area contributed by atoms with Crippen molar-refractivity contribution in [3.8, 4) is 11.5 Å². The van der Waals surface area contributed by atoms with Gasteiger partial charge in [-0.15, -0.1) is 0 Å². The Kier molecular flexibility index (Phi) is 3.39. The van der Waals surface area contributed by atoms with Crippen LogP contribution >= 0.6 is 0 Å². The Labute approximate surface area is 108 Å². The summed E-state index contributed by atoms with van der Waals surface area (Å²) in [4.78, 5) is 4.98. The fourth-order valence-electron chi connectivity index (χ4n) is 2.62. The van der Waals surface area contributed by atoms with Gasteiger partial charge in [-0.3, -0.25) is 4.90 Å². The number of piperazine rings is 1. The van der Waals surface area contributed by atoms with Crippen molar-refractivity contribution >= 4 is 0 Å². The molecule has 18 heavy (non-hydrogen) atoms. The lowest BCUT2D eigenvalue weighted by Crippen LogP contribution is -2.45. The number of benzene rings is 1. The van der Waals surface area contributed by atoms with Gasteiger partial charge in [0.25, 0.3) is 0 Å². The maximum absolute atomic E-state index is 5.55. The number of hydrogen-bond acceptors (Lipinski definition) is 4. The molecule has 0 saturated carbocycles. The Bertz CT molecular complexity index is 414. The van der Waals surface area contributed by atoms with E-state index in [-0.39, 0.29) is 0 Å². The molecule has 2 aliphatic rings. The van der Waals surface area contributed by atoms with Crippen LogP contribution in [0.25, 0.3) is 0 Å². The van der Waals surface area contributed by atoms with Gasteiger partial charge in [-0.2, -0.15) is 0 Å². The van der Waals surface area contributed by atoms with Gasteiger partial charge in [-0.1, -0.05) is 19.1 Å². The summed E-state index contributed by atoms with van der Waals surface area (Å²) in [6, 6.07) is 6.16. The lowest BCUT2D eigenvalue weighted by Gasteiger charge is -2.34. The van der Waals surface area contributed by atoms with Crippen LogP contribution in [0.15, 0.2) is 18.2 Å². The Morgan fingerprint density at radius 2 is 1.83 bits per heavy atom. The van der Waals surface area contributed by atoms with Crippen molar-refractivity contribution in [3.05, 3.63) is 23.8 Å². The van der Waals surface area contributed by atoms with E-state index in [0.29, 0.717) is 6.79 Å². The van der Waals surface area contributed by atoms with E-state index in [0.717, 1.165) is 37.7 Å². The molecular formula is C14H20N2O2. The molecule has 1 aromatic rings. The smallest absolute Gasteiger partial charge is 0.231 e. The predicted molar refractivity (Wildman–Crippen MR) is 70.0 cm³/mol. The minimum absolute atomic E-state index is 0.357. The molecule has 0 N–H and O–H groups in total. The lowest BCUT2D eigenvalue weighted by atomic mass is 10.1. The number of fused-ring (bicyclic) bond motifs is 1. The summed E-state index contributed by atoms with van der Waals surface area (Å²) in [5, 5.41) is 0. The van der Waals surface area contributed by atoms with Crippen molar-refractivity contribution in [1.29, 1.82) is 0 Å². The van der Waals surface area contributed by atoms with E-state index in [2.05, 4.69) is 22.8 Å². The zero-order valence-corrected chi connectivity index (χ0v) is 10.9. The van der Waals surface area contributed by atoms with Gasteiger partial charge < -0.3 is 14.4 Å². The van der Waals surface area contributed by atoms with E-state index < -0.39 is 0 Å². The normalized spacial score (nSPS) is 20.3. The topological polar surface area (TPSA) is 24.9 Å². The van der Waals surface area contributed by atoms with Crippen LogP contribution in [-0.2, 0) is 6.54 Å². The van der Waals surface area contributed by atoms with Crippen LogP contribution in [0.4, 0.5) is 0 Å². The molecule has 0 aromatic heterocycles. The van der Waals surface area contributed by atoms with E-state index >= 15 is 0 Å². The summed E-state index contributed by atoms with van der Waals surface area (Å²) in [5.41, 5.74) is 1.25. The highest BCUT2D eigenvalue weighted by Crippen LogP contribution is 2.35. The first-order valence-corrected chi connectivity index (χ1v) is 6.69. The van der Waals surface area contributed by atoms with Crippen LogP contribution in [0, 0.1) is 0 Å². The quantitative estimate of drug-likeness (QED) is 0.810. The summed E-state index contributed by atoms with van der Waals surface area (Å²) < 4.78 is 11.0. The first kappa shape index (κ1) is 11.8. The molecule has 1 aromatic carbocycles. The van der Waals surface area contributed by atoms with Crippen LogP contribution in [0.1, 0.15) is 12.5 Å². The van der Waals surface area contributed by atoms with Crippen molar-refractivity contribution < 1.29 is 9.47 Å². The molecule has 1 saturated heterocycles. The van der Waals surface area contributed by atoms with Gasteiger partial charge in [0.2, 0.25) is 6.79 Å². The van der Waals surface area contributed by atoms with Crippen LogP contribution in [0.3, 0.4) is 0 Å². The van der Waals surface area contributed by atoms with E-state index in [9.17, 15) is 0 Å². The maximum Gasteiger partial charge on any atom is 0.231 e. The Morgan fingerprint density at radius 1 is 1.06 bits per heavy atom. The van der Waals surface area contributed by atoms with Gasteiger partial charge in [-0.25, -0.2) is 0 Å². The average molecular weight is 248 g/mol. The second kappa shape index (κ2) is 5.16. The predicted octanol–water partition coefficient (Wildman–Crippen LogP) is 1.55. The second-order valence-electron chi connectivity index (χ2n) is 4.86. The standard InChI is InChI=1S/C14H20N2O2/c1-2-15-6-8-16(9-7-15)10-12-4-3-5-13-14(12)18-11-17-13/h3-5H,2,6-11H2,1H3. The number of likely N-dealkylation sites (N-methyl/N-ethyl adjacent to an activating group) is 1. The first-order valence-electron chi connectivity index (χ1n) is 6.69. The molecular weight excluding hydrogens is 228 g/mol. The number of hydrogen-bond donors (Lipinski definition) is 0. The zero-order chi connectivity index (χ0) is 12.4. The molecule has 0 amide bonds. The van der Waals surface area contributed by atoms with Crippen LogP contribution in [0.2, 0.25) is 0 Å². The van der Waals surface area contributed by atoms with Gasteiger partial charge in [0.05, 0.1) is 0 Å². The third kappa shape index (κ3) is 2.31. The molecule has 4 heteroatoms. The highest BCUT2D eigenvalue weighted by Gasteiger charge is 2.21. The van der Waals surface area contributed by atoms with Gasteiger partial charge >= 0.3 is 0 Å². The molecule has 3 rings (SSSR count). The fraction of sp³-hybridized carbons (Fsp3) is 0.571. The van der Waals surface area contributed by atoms with Crippen molar-refractivity contribution in [2.75, 3.05) is 39.5 Å². The molecule has 2 aliphatic heterocycles. The molecule has 98 valence electrons. The molecule has 2 heterocycles. The van der Waals surface area contributed by atoms with E-state index in [1.165, 1.54) is 18.7 Å². The number of rotatable bonds is 3. The number of ether oxygens (including phenoxy) is 2. The van der Waals surface area contributed by atoms with E-state index in [4.69, 9.17) is 9.47 Å². The highest BCUT2D eigenvalue weighted by molar-refractivity contribution is 5.48. The third-order valence-corrected chi connectivity index (χ3v) is 3.78. The van der Waals surface area contributed by atoms with Gasteiger partial charge in [0.1, 0.15) is 0 Å². The molecule has 1 fully saturated rings. The maximum atomic E-state index is 5.55. The van der Waals surface area contributed by atoms with Crippen molar-refractivity contribution in [1.82, 2.24) is 9.80 Å². The SMILES string of the molecule is CCN1CCN(Cc2cccc3c2OCO3)CC1. The minimum Gasteiger partial charge on any atom is -0.454 e. The Morgan fingerprint density at radius 3 is 2.61 bits per heavy atom. The lowest BCUT2D eigenvalue weighted by molar-refractivity contribution is 0.130. The Balaban J connectivity index is 1.65. The zero-order valence-electron chi connectivity index (χ0n) is 10.9. The van der Waals surface area contributed by atoms with Crippen molar-refractivity contribution in [2.24, 2.45) is 0 Å². The monoisotopic (exact) mass is 248 g/mol. The molecule has 0 bridgehead atoms. The van der Waals surface area contributed by atoms with Gasteiger partial charge in [0.15, 0.2) is 11.5 Å². The summed E-state index contributed by atoms with van der Waals surface area (Å²) >= 11 is 0. The molecule has 0 radical (unpaired) electrons. The number of para-hydroxylation sites is 1. The van der Waals surface area contributed by atoms with Crippen LogP contribution < -0.4 is 9.47 Å². The van der Waals surface area contributed by atoms with Gasteiger partial charge in [-0.05, 0) is 12.6 Å². The van der Waals surface area contributed by atoms with Crippen LogP contribution in [-0.4, -0.2) is 49.3 Å². The largest absolute Gasteiger partial charge is 0.454 e. The molecule has 0 unspecified atom stereocenters. The van der Waals surface area contributed by atoms with Crippen LogP contribution in [0.5, 0.6) is 11.5 Å². The Hall–Kier alpha value is -1.26. The van der Waals surface area contributed by atoms with Gasteiger partial charge in [0, 0.05) is 38.3 Å². The third-order valence-electron chi connectivity index (χ3n) is 3.78. The first-order chi connectivity index (χ1) is 8.86.